The quantitative estimate of drug-likeness (QED) is 0.709. The van der Waals surface area contributed by atoms with E-state index in [0.717, 1.165) is 0 Å². The van der Waals surface area contributed by atoms with E-state index in [0.29, 0.717) is 34.5 Å². The molecule has 126 valence electrons. The highest BCUT2D eigenvalue weighted by atomic mass is 35.5. The summed E-state index contributed by atoms with van der Waals surface area (Å²) in [5, 5.41) is 4.51. The summed E-state index contributed by atoms with van der Waals surface area (Å²) in [6.07, 6.45) is 0.285. The highest BCUT2D eigenvalue weighted by Gasteiger charge is 2.35. The molecular formula is C18H13ClFN3O2. The number of benzene rings is 2. The van der Waals surface area contributed by atoms with Crippen LogP contribution in [0, 0.1) is 5.82 Å². The van der Waals surface area contributed by atoms with E-state index in [4.69, 9.17) is 16.1 Å². The van der Waals surface area contributed by atoms with E-state index >= 15 is 0 Å². The van der Waals surface area contributed by atoms with E-state index in [1.807, 2.05) is 18.2 Å². The van der Waals surface area contributed by atoms with Crippen LogP contribution in [-0.2, 0) is 4.79 Å². The number of carbonyl (C=O) groups is 1. The van der Waals surface area contributed by atoms with Crippen molar-refractivity contribution >= 4 is 23.2 Å². The van der Waals surface area contributed by atoms with Crippen molar-refractivity contribution in [2.75, 3.05) is 11.4 Å². The van der Waals surface area contributed by atoms with Gasteiger partial charge < -0.3 is 9.42 Å². The number of halogens is 2. The Morgan fingerprint density at radius 2 is 1.92 bits per heavy atom. The first-order valence-corrected chi connectivity index (χ1v) is 8.14. The van der Waals surface area contributed by atoms with E-state index in [-0.39, 0.29) is 24.1 Å². The molecule has 1 aliphatic rings. The predicted octanol–water partition coefficient (Wildman–Crippen LogP) is 4.05. The Bertz CT molecular complexity index is 926. The van der Waals surface area contributed by atoms with Crippen LogP contribution in [0.2, 0.25) is 5.02 Å². The summed E-state index contributed by atoms with van der Waals surface area (Å²) in [6.45, 7) is 0.435. The van der Waals surface area contributed by atoms with Crippen LogP contribution in [-0.4, -0.2) is 22.6 Å². The molecule has 4 rings (SSSR count). The molecule has 2 aromatic carbocycles. The Kier molecular flexibility index (Phi) is 3.97. The zero-order chi connectivity index (χ0) is 17.4. The van der Waals surface area contributed by atoms with Gasteiger partial charge in [-0.25, -0.2) is 4.39 Å². The number of rotatable bonds is 3. The first-order valence-electron chi connectivity index (χ1n) is 7.76. The molecule has 0 aliphatic carbocycles. The lowest BCUT2D eigenvalue weighted by molar-refractivity contribution is -0.117. The fourth-order valence-corrected chi connectivity index (χ4v) is 3.13. The normalized spacial score (nSPS) is 17.3. The smallest absolute Gasteiger partial charge is 0.257 e. The molecular weight excluding hydrogens is 345 g/mol. The molecule has 25 heavy (non-hydrogen) atoms. The van der Waals surface area contributed by atoms with Crippen LogP contribution in [0.15, 0.2) is 53.1 Å². The molecule has 0 bridgehead atoms. The Labute approximate surface area is 148 Å². The minimum atomic E-state index is -0.333. The molecule has 5 nitrogen and oxygen atoms in total. The minimum absolute atomic E-state index is 0.0359. The highest BCUT2D eigenvalue weighted by molar-refractivity contribution is 6.33. The molecule has 1 saturated heterocycles. The van der Waals surface area contributed by atoms with Gasteiger partial charge in [-0.2, -0.15) is 4.98 Å². The summed E-state index contributed by atoms with van der Waals surface area (Å²) in [4.78, 5) is 18.4. The molecule has 0 N–H and O–H groups in total. The van der Waals surface area contributed by atoms with Crippen LogP contribution < -0.4 is 4.90 Å². The maximum Gasteiger partial charge on any atom is 0.257 e. The highest BCUT2D eigenvalue weighted by Crippen LogP contribution is 2.34. The lowest BCUT2D eigenvalue weighted by Crippen LogP contribution is -2.24. The largest absolute Gasteiger partial charge is 0.334 e. The topological polar surface area (TPSA) is 59.2 Å². The Morgan fingerprint density at radius 3 is 2.68 bits per heavy atom. The van der Waals surface area contributed by atoms with Gasteiger partial charge in [-0.1, -0.05) is 28.9 Å². The number of nitrogens with zero attached hydrogens (tertiary/aromatic N) is 3. The maximum absolute atomic E-state index is 13.0. The molecule has 1 atom stereocenters. The van der Waals surface area contributed by atoms with Gasteiger partial charge in [0.2, 0.25) is 5.91 Å². The second-order valence-corrected chi connectivity index (χ2v) is 6.23. The second-order valence-electron chi connectivity index (χ2n) is 5.82. The zero-order valence-corrected chi connectivity index (χ0v) is 13.8. The van der Waals surface area contributed by atoms with Crippen molar-refractivity contribution in [3.8, 4) is 11.5 Å². The third-order valence-electron chi connectivity index (χ3n) is 4.17. The van der Waals surface area contributed by atoms with Gasteiger partial charge in [-0.3, -0.25) is 4.79 Å². The fraction of sp³-hybridized carbons (Fsp3) is 0.167. The van der Waals surface area contributed by atoms with Crippen molar-refractivity contribution in [1.82, 2.24) is 10.1 Å². The van der Waals surface area contributed by atoms with Crippen molar-refractivity contribution < 1.29 is 13.7 Å². The summed E-state index contributed by atoms with van der Waals surface area (Å²) in [7, 11) is 0. The molecule has 1 amide bonds. The van der Waals surface area contributed by atoms with Crippen molar-refractivity contribution in [1.29, 1.82) is 0 Å². The molecule has 1 aliphatic heterocycles. The molecule has 1 aromatic heterocycles. The number of aromatic nitrogens is 2. The number of hydrogen-bond donors (Lipinski definition) is 0. The minimum Gasteiger partial charge on any atom is -0.334 e. The average Bonchev–Trinajstić information content (AvgIpc) is 3.23. The third kappa shape index (κ3) is 3.00. The van der Waals surface area contributed by atoms with E-state index in [1.54, 1.807) is 23.1 Å². The van der Waals surface area contributed by atoms with Gasteiger partial charge in [0, 0.05) is 24.4 Å². The van der Waals surface area contributed by atoms with Crippen LogP contribution in [0.3, 0.4) is 0 Å². The van der Waals surface area contributed by atoms with Crippen molar-refractivity contribution in [2.24, 2.45) is 0 Å². The molecule has 0 radical (unpaired) electrons. The van der Waals surface area contributed by atoms with Crippen LogP contribution in [0.4, 0.5) is 10.1 Å². The first-order chi connectivity index (χ1) is 12.1. The van der Waals surface area contributed by atoms with E-state index in [2.05, 4.69) is 10.1 Å². The summed E-state index contributed by atoms with van der Waals surface area (Å²) in [5.74, 6) is 0.217. The predicted molar refractivity (Wildman–Crippen MR) is 90.9 cm³/mol. The molecule has 2 heterocycles. The number of amides is 1. The summed E-state index contributed by atoms with van der Waals surface area (Å²) < 4.78 is 18.3. The van der Waals surface area contributed by atoms with E-state index in [1.165, 1.54) is 12.1 Å². The van der Waals surface area contributed by atoms with Gasteiger partial charge in [-0.15, -0.1) is 0 Å². The molecule has 1 fully saturated rings. The SMILES string of the molecule is O=C1CC(c2noc(-c3ccc(F)cc3)n2)CN1c1ccccc1Cl. The van der Waals surface area contributed by atoms with Crippen molar-refractivity contribution in [2.45, 2.75) is 12.3 Å². The Morgan fingerprint density at radius 1 is 1.16 bits per heavy atom. The van der Waals surface area contributed by atoms with Crippen LogP contribution in [0.25, 0.3) is 11.5 Å². The van der Waals surface area contributed by atoms with Crippen molar-refractivity contribution in [3.63, 3.8) is 0 Å². The van der Waals surface area contributed by atoms with Gasteiger partial charge in [-0.05, 0) is 36.4 Å². The van der Waals surface area contributed by atoms with Crippen LogP contribution in [0.1, 0.15) is 18.2 Å². The number of carbonyl (C=O) groups excluding carboxylic acids is 1. The Hall–Kier alpha value is -2.73. The monoisotopic (exact) mass is 357 g/mol. The first kappa shape index (κ1) is 15.8. The lowest BCUT2D eigenvalue weighted by atomic mass is 10.1. The van der Waals surface area contributed by atoms with Crippen LogP contribution in [0.5, 0.6) is 0 Å². The standard InChI is InChI=1S/C18H13ClFN3O2/c19-14-3-1-2-4-15(14)23-10-12(9-16(23)24)17-21-18(25-22-17)11-5-7-13(20)8-6-11/h1-8,12H,9-10H2. The number of hydrogen-bond acceptors (Lipinski definition) is 4. The van der Waals surface area contributed by atoms with Gasteiger partial charge in [0.25, 0.3) is 5.89 Å². The average molecular weight is 358 g/mol. The van der Waals surface area contributed by atoms with Crippen molar-refractivity contribution in [3.05, 3.63) is 65.2 Å². The number of anilines is 1. The number of para-hydroxylation sites is 1. The summed E-state index contributed by atoms with van der Waals surface area (Å²) >= 11 is 6.19. The summed E-state index contributed by atoms with van der Waals surface area (Å²) in [6, 6.07) is 13.0. The van der Waals surface area contributed by atoms with E-state index in [9.17, 15) is 9.18 Å². The van der Waals surface area contributed by atoms with E-state index < -0.39 is 0 Å². The summed E-state index contributed by atoms with van der Waals surface area (Å²) in [5.41, 5.74) is 1.31. The van der Waals surface area contributed by atoms with Gasteiger partial charge in [0.05, 0.1) is 10.7 Å². The fourth-order valence-electron chi connectivity index (χ4n) is 2.89. The maximum atomic E-state index is 13.0. The van der Waals surface area contributed by atoms with Gasteiger partial charge in [0.15, 0.2) is 5.82 Å². The molecule has 3 aromatic rings. The Balaban J connectivity index is 1.57. The molecule has 0 saturated carbocycles. The van der Waals surface area contributed by atoms with Gasteiger partial charge >= 0.3 is 0 Å². The molecule has 0 spiro atoms. The second kappa shape index (κ2) is 6.29. The molecule has 1 unspecified atom stereocenters. The van der Waals surface area contributed by atoms with Gasteiger partial charge in [0.1, 0.15) is 5.82 Å². The third-order valence-corrected chi connectivity index (χ3v) is 4.49. The zero-order valence-electron chi connectivity index (χ0n) is 13.0. The van der Waals surface area contributed by atoms with Crippen LogP contribution >= 0.6 is 11.6 Å². The lowest BCUT2D eigenvalue weighted by Gasteiger charge is -2.17. The molecule has 7 heteroatoms.